The molecule has 2 rings (SSSR count). The number of nitrogens with zero attached hydrogens (tertiary/aromatic N) is 1. The maximum absolute atomic E-state index is 12.2. The first kappa shape index (κ1) is 14.9. The number of rotatable bonds is 2. The summed E-state index contributed by atoms with van der Waals surface area (Å²) in [5, 5.41) is 0. The lowest BCUT2D eigenvalue weighted by Gasteiger charge is -2.25. The molecule has 0 aliphatic carbocycles. The van der Waals surface area contributed by atoms with E-state index in [1.54, 1.807) is 12.0 Å². The summed E-state index contributed by atoms with van der Waals surface area (Å²) >= 11 is 0. The van der Waals surface area contributed by atoms with E-state index >= 15 is 0 Å². The molecule has 0 bridgehead atoms. The van der Waals surface area contributed by atoms with Crippen LogP contribution in [0.5, 0.6) is 0 Å². The predicted molar refractivity (Wildman–Crippen MR) is 79.2 cm³/mol. The van der Waals surface area contributed by atoms with Gasteiger partial charge in [0.05, 0.1) is 11.8 Å². The first-order chi connectivity index (χ1) is 9.33. The van der Waals surface area contributed by atoms with Crippen molar-refractivity contribution in [1.29, 1.82) is 0 Å². The lowest BCUT2D eigenvalue weighted by Crippen LogP contribution is -2.35. The highest BCUT2D eigenvalue weighted by atomic mass is 16.6. The number of fused-ring (bicyclic) bond motifs is 1. The maximum Gasteiger partial charge on any atom is 0.414 e. The molecule has 0 aromatic heterocycles. The van der Waals surface area contributed by atoms with Crippen LogP contribution in [-0.2, 0) is 15.9 Å². The number of ether oxygens (including phenoxy) is 2. The molecule has 20 heavy (non-hydrogen) atoms. The Labute approximate surface area is 120 Å². The van der Waals surface area contributed by atoms with E-state index in [9.17, 15) is 4.79 Å². The first-order valence-corrected chi connectivity index (χ1v) is 6.98. The molecule has 1 aromatic rings. The van der Waals surface area contributed by atoms with Gasteiger partial charge in [-0.1, -0.05) is 12.1 Å². The number of carbonyl (C=O) groups excluding carboxylic acids is 1. The Kier molecular flexibility index (Phi) is 4.04. The highest BCUT2D eigenvalue weighted by Gasteiger charge is 2.30. The van der Waals surface area contributed by atoms with Crippen molar-refractivity contribution in [2.45, 2.75) is 45.8 Å². The van der Waals surface area contributed by atoms with Crippen LogP contribution in [0.4, 0.5) is 10.5 Å². The van der Waals surface area contributed by atoms with Crippen LogP contribution < -0.4 is 4.90 Å². The predicted octanol–water partition coefficient (Wildman–Crippen LogP) is 3.69. The Balaban J connectivity index is 2.28. The van der Waals surface area contributed by atoms with E-state index in [-0.39, 0.29) is 12.2 Å². The molecule has 4 nitrogen and oxygen atoms in total. The lowest BCUT2D eigenvalue weighted by molar-refractivity contribution is 0.0584. The second-order valence-electron chi connectivity index (χ2n) is 6.10. The summed E-state index contributed by atoms with van der Waals surface area (Å²) in [7, 11) is 1.70. The third kappa shape index (κ3) is 2.96. The molecule has 1 aliphatic rings. The van der Waals surface area contributed by atoms with Crippen LogP contribution in [-0.4, -0.2) is 25.3 Å². The van der Waals surface area contributed by atoms with E-state index < -0.39 is 5.60 Å². The van der Waals surface area contributed by atoms with Crippen molar-refractivity contribution in [2.75, 3.05) is 18.6 Å². The summed E-state index contributed by atoms with van der Waals surface area (Å²) in [6.07, 6.45) is 0.598. The molecule has 1 unspecified atom stereocenters. The van der Waals surface area contributed by atoms with Crippen LogP contribution in [0.15, 0.2) is 18.2 Å². The van der Waals surface area contributed by atoms with Gasteiger partial charge in [-0.3, -0.25) is 4.90 Å². The van der Waals surface area contributed by atoms with E-state index in [1.165, 1.54) is 5.56 Å². The monoisotopic (exact) mass is 277 g/mol. The summed E-state index contributed by atoms with van der Waals surface area (Å²) < 4.78 is 10.9. The molecule has 1 amide bonds. The van der Waals surface area contributed by atoms with Gasteiger partial charge in [-0.15, -0.1) is 0 Å². The summed E-state index contributed by atoms with van der Waals surface area (Å²) in [5.41, 5.74) is 2.81. The summed E-state index contributed by atoms with van der Waals surface area (Å²) in [4.78, 5) is 14.0. The highest BCUT2D eigenvalue weighted by Crippen LogP contribution is 2.35. The largest absolute Gasteiger partial charge is 0.443 e. The molecule has 0 fully saturated rings. The molecule has 0 radical (unpaired) electrons. The molecule has 0 saturated heterocycles. The lowest BCUT2D eigenvalue weighted by atomic mass is 10.0. The van der Waals surface area contributed by atoms with Crippen LogP contribution in [0.25, 0.3) is 0 Å². The van der Waals surface area contributed by atoms with Crippen molar-refractivity contribution in [1.82, 2.24) is 0 Å². The quantitative estimate of drug-likeness (QED) is 0.827. The second kappa shape index (κ2) is 5.44. The van der Waals surface area contributed by atoms with Gasteiger partial charge >= 0.3 is 6.09 Å². The molecule has 0 saturated carbocycles. The Morgan fingerprint density at radius 2 is 2.05 bits per heavy atom. The Morgan fingerprint density at radius 1 is 1.35 bits per heavy atom. The molecule has 0 spiro atoms. The van der Waals surface area contributed by atoms with Crippen molar-refractivity contribution in [3.05, 3.63) is 29.3 Å². The highest BCUT2D eigenvalue weighted by molar-refractivity contribution is 5.90. The average Bonchev–Trinajstić information content (AvgIpc) is 2.79. The summed E-state index contributed by atoms with van der Waals surface area (Å²) in [5.74, 6) is 0. The normalized spacial score (nSPS) is 15.9. The van der Waals surface area contributed by atoms with Gasteiger partial charge < -0.3 is 9.47 Å². The maximum atomic E-state index is 12.2. The SMILES string of the molecule is COC(C)c1cccc2c1CCN2C(=O)OC(C)(C)C. The van der Waals surface area contributed by atoms with Crippen LogP contribution in [0, 0.1) is 0 Å². The Bertz CT molecular complexity index is 505. The number of benzene rings is 1. The van der Waals surface area contributed by atoms with Crippen LogP contribution in [0.3, 0.4) is 0 Å². The minimum Gasteiger partial charge on any atom is -0.443 e. The van der Waals surface area contributed by atoms with Gasteiger partial charge in [-0.05, 0) is 51.3 Å². The zero-order valence-electron chi connectivity index (χ0n) is 12.9. The van der Waals surface area contributed by atoms with E-state index in [0.717, 1.165) is 17.7 Å². The molecular formula is C16H23NO3. The molecule has 1 heterocycles. The number of hydrogen-bond acceptors (Lipinski definition) is 3. The van der Waals surface area contributed by atoms with Gasteiger partial charge in [0.15, 0.2) is 0 Å². The topological polar surface area (TPSA) is 38.8 Å². The zero-order chi connectivity index (χ0) is 14.9. The molecule has 110 valence electrons. The fourth-order valence-electron chi connectivity index (χ4n) is 2.48. The van der Waals surface area contributed by atoms with Crippen molar-refractivity contribution >= 4 is 11.8 Å². The Morgan fingerprint density at radius 3 is 2.65 bits per heavy atom. The van der Waals surface area contributed by atoms with E-state index in [1.807, 2.05) is 39.8 Å². The minimum absolute atomic E-state index is 0.0311. The minimum atomic E-state index is -0.475. The number of anilines is 1. The number of methoxy groups -OCH3 is 1. The van der Waals surface area contributed by atoms with Gasteiger partial charge in [-0.25, -0.2) is 4.79 Å². The molecule has 1 aromatic carbocycles. The van der Waals surface area contributed by atoms with Crippen molar-refractivity contribution < 1.29 is 14.3 Å². The second-order valence-corrected chi connectivity index (χ2v) is 6.10. The molecule has 0 N–H and O–H groups in total. The third-order valence-electron chi connectivity index (χ3n) is 3.47. The van der Waals surface area contributed by atoms with Gasteiger partial charge in [0.1, 0.15) is 5.60 Å². The smallest absolute Gasteiger partial charge is 0.414 e. The van der Waals surface area contributed by atoms with Crippen LogP contribution in [0.2, 0.25) is 0 Å². The molecule has 1 atom stereocenters. The molecule has 1 aliphatic heterocycles. The summed E-state index contributed by atoms with van der Waals surface area (Å²) in [6, 6.07) is 6.00. The molecule has 4 heteroatoms. The summed E-state index contributed by atoms with van der Waals surface area (Å²) in [6.45, 7) is 8.32. The number of carbonyl (C=O) groups is 1. The third-order valence-corrected chi connectivity index (χ3v) is 3.47. The molecular weight excluding hydrogens is 254 g/mol. The van der Waals surface area contributed by atoms with E-state index in [2.05, 4.69) is 6.07 Å². The standard InChI is InChI=1S/C16H23NO3/c1-11(19-5)12-7-6-8-14-13(12)9-10-17(14)15(18)20-16(2,3)4/h6-8,11H,9-10H2,1-5H3. The number of amides is 1. The van der Waals surface area contributed by atoms with E-state index in [4.69, 9.17) is 9.47 Å². The van der Waals surface area contributed by atoms with E-state index in [0.29, 0.717) is 6.54 Å². The van der Waals surface area contributed by atoms with Crippen molar-refractivity contribution in [3.8, 4) is 0 Å². The van der Waals surface area contributed by atoms with Gasteiger partial charge in [-0.2, -0.15) is 0 Å². The first-order valence-electron chi connectivity index (χ1n) is 6.98. The van der Waals surface area contributed by atoms with Crippen LogP contribution in [0.1, 0.15) is 44.9 Å². The fourth-order valence-corrected chi connectivity index (χ4v) is 2.48. The number of hydrogen-bond donors (Lipinski definition) is 0. The van der Waals surface area contributed by atoms with Gasteiger partial charge in [0.25, 0.3) is 0 Å². The van der Waals surface area contributed by atoms with Crippen molar-refractivity contribution in [3.63, 3.8) is 0 Å². The van der Waals surface area contributed by atoms with Crippen molar-refractivity contribution in [2.24, 2.45) is 0 Å². The zero-order valence-corrected chi connectivity index (χ0v) is 12.9. The van der Waals surface area contributed by atoms with Gasteiger partial charge in [0, 0.05) is 13.7 Å². The average molecular weight is 277 g/mol. The van der Waals surface area contributed by atoms with Crippen LogP contribution >= 0.6 is 0 Å². The Hall–Kier alpha value is -1.55. The fraction of sp³-hybridized carbons (Fsp3) is 0.562. The van der Waals surface area contributed by atoms with Gasteiger partial charge in [0.2, 0.25) is 0 Å².